The molecule has 0 aliphatic carbocycles. The van der Waals surface area contributed by atoms with E-state index in [9.17, 15) is 5.11 Å². The van der Waals surface area contributed by atoms with Crippen molar-refractivity contribution in [1.82, 2.24) is 9.55 Å². The summed E-state index contributed by atoms with van der Waals surface area (Å²) in [4.78, 5) is 4.55. The van der Waals surface area contributed by atoms with E-state index in [1.165, 1.54) is 5.69 Å². The first-order chi connectivity index (χ1) is 6.60. The van der Waals surface area contributed by atoms with E-state index in [0.717, 1.165) is 24.4 Å². The van der Waals surface area contributed by atoms with E-state index in [2.05, 4.69) is 30.3 Å². The molecule has 3 heteroatoms. The van der Waals surface area contributed by atoms with Crippen molar-refractivity contribution in [1.29, 1.82) is 0 Å². The van der Waals surface area contributed by atoms with Crippen LogP contribution < -0.4 is 0 Å². The highest BCUT2D eigenvalue weighted by atomic mass is 16.3. The van der Waals surface area contributed by atoms with Crippen LogP contribution in [0.4, 0.5) is 0 Å². The van der Waals surface area contributed by atoms with Gasteiger partial charge in [0.1, 0.15) is 5.82 Å². The van der Waals surface area contributed by atoms with Crippen LogP contribution in [-0.4, -0.2) is 20.8 Å². The molecule has 1 aromatic heterocycles. The number of imidazole rings is 1. The van der Waals surface area contributed by atoms with E-state index in [4.69, 9.17) is 0 Å². The fourth-order valence-corrected chi connectivity index (χ4v) is 1.76. The minimum absolute atomic E-state index is 0.307. The second-order valence-corrected chi connectivity index (χ2v) is 3.73. The summed E-state index contributed by atoms with van der Waals surface area (Å²) in [5, 5.41) is 9.38. The van der Waals surface area contributed by atoms with Gasteiger partial charge in [-0.25, -0.2) is 4.98 Å². The van der Waals surface area contributed by atoms with Gasteiger partial charge in [-0.2, -0.15) is 0 Å². The Balaban J connectivity index is 3.04. The molecule has 14 heavy (non-hydrogen) atoms. The van der Waals surface area contributed by atoms with Crippen molar-refractivity contribution in [3.63, 3.8) is 0 Å². The van der Waals surface area contributed by atoms with Crippen LogP contribution in [0.5, 0.6) is 0 Å². The Bertz CT molecular complexity index is 302. The van der Waals surface area contributed by atoms with Crippen LogP contribution in [0.15, 0.2) is 0 Å². The molecule has 1 rings (SSSR count). The quantitative estimate of drug-likeness (QED) is 0.796. The highest BCUT2D eigenvalue weighted by Crippen LogP contribution is 2.13. The highest BCUT2D eigenvalue weighted by Gasteiger charge is 2.12. The van der Waals surface area contributed by atoms with Crippen molar-refractivity contribution < 1.29 is 5.11 Å². The Morgan fingerprint density at radius 1 is 1.36 bits per heavy atom. The van der Waals surface area contributed by atoms with Crippen LogP contribution in [0, 0.1) is 6.92 Å². The van der Waals surface area contributed by atoms with E-state index in [1.54, 1.807) is 0 Å². The number of aromatic nitrogens is 2. The zero-order chi connectivity index (χ0) is 10.7. The molecule has 80 valence electrons. The van der Waals surface area contributed by atoms with Crippen LogP contribution in [-0.2, 0) is 19.4 Å². The number of nitrogens with zero attached hydrogens (tertiary/aromatic N) is 2. The van der Waals surface area contributed by atoms with Gasteiger partial charge in [-0.1, -0.05) is 13.8 Å². The lowest BCUT2D eigenvalue weighted by Gasteiger charge is -2.10. The molecule has 0 aliphatic rings. The van der Waals surface area contributed by atoms with Crippen molar-refractivity contribution in [2.24, 2.45) is 0 Å². The van der Waals surface area contributed by atoms with Gasteiger partial charge in [0.25, 0.3) is 0 Å². The SMILES string of the molecule is CCc1nc(CC)n(CC(C)O)c1C. The molecule has 1 unspecified atom stereocenters. The summed E-state index contributed by atoms with van der Waals surface area (Å²) < 4.78 is 2.13. The standard InChI is InChI=1S/C11H20N2O/c1-5-10-9(4)13(7-8(3)14)11(6-2)12-10/h8,14H,5-7H2,1-4H3. The zero-order valence-electron chi connectivity index (χ0n) is 9.54. The van der Waals surface area contributed by atoms with Gasteiger partial charge in [-0.15, -0.1) is 0 Å². The average molecular weight is 196 g/mol. The smallest absolute Gasteiger partial charge is 0.108 e. The Kier molecular flexibility index (Phi) is 3.69. The summed E-state index contributed by atoms with van der Waals surface area (Å²) in [5.41, 5.74) is 2.35. The molecule has 0 fully saturated rings. The van der Waals surface area contributed by atoms with E-state index in [-0.39, 0.29) is 6.10 Å². The topological polar surface area (TPSA) is 38.0 Å². The van der Waals surface area contributed by atoms with Crippen LogP contribution >= 0.6 is 0 Å². The summed E-state index contributed by atoms with van der Waals surface area (Å²) >= 11 is 0. The molecule has 0 bridgehead atoms. The van der Waals surface area contributed by atoms with Crippen molar-refractivity contribution in [3.05, 3.63) is 17.2 Å². The number of rotatable bonds is 4. The Morgan fingerprint density at radius 2 is 2.00 bits per heavy atom. The van der Waals surface area contributed by atoms with Gasteiger partial charge in [-0.3, -0.25) is 0 Å². The fourth-order valence-electron chi connectivity index (χ4n) is 1.76. The summed E-state index contributed by atoms with van der Waals surface area (Å²) in [6.45, 7) is 8.75. The molecule has 1 atom stereocenters. The number of hydrogen-bond acceptors (Lipinski definition) is 2. The maximum atomic E-state index is 9.38. The van der Waals surface area contributed by atoms with Crippen molar-refractivity contribution in [2.75, 3.05) is 0 Å². The number of aliphatic hydroxyl groups is 1. The first kappa shape index (κ1) is 11.2. The lowest BCUT2D eigenvalue weighted by molar-refractivity contribution is 0.171. The van der Waals surface area contributed by atoms with Gasteiger partial charge in [0.15, 0.2) is 0 Å². The normalized spacial score (nSPS) is 13.2. The molecule has 1 N–H and O–H groups in total. The number of aliphatic hydroxyl groups excluding tert-OH is 1. The maximum absolute atomic E-state index is 9.38. The molecule has 0 saturated carbocycles. The molecule has 0 amide bonds. The van der Waals surface area contributed by atoms with Crippen molar-refractivity contribution in [2.45, 2.75) is 53.2 Å². The third-order valence-electron chi connectivity index (χ3n) is 2.50. The van der Waals surface area contributed by atoms with E-state index in [0.29, 0.717) is 6.54 Å². The predicted molar refractivity (Wildman–Crippen MR) is 57.4 cm³/mol. The first-order valence-corrected chi connectivity index (χ1v) is 5.33. The number of hydrogen-bond donors (Lipinski definition) is 1. The molecule has 0 spiro atoms. The third kappa shape index (κ3) is 2.15. The van der Waals surface area contributed by atoms with Crippen LogP contribution in [0.25, 0.3) is 0 Å². The lowest BCUT2D eigenvalue weighted by Crippen LogP contribution is -2.15. The minimum Gasteiger partial charge on any atom is -0.392 e. The molecule has 0 aromatic carbocycles. The second kappa shape index (κ2) is 4.60. The van der Waals surface area contributed by atoms with Gasteiger partial charge in [0.05, 0.1) is 11.8 Å². The monoisotopic (exact) mass is 196 g/mol. The summed E-state index contributed by atoms with van der Waals surface area (Å²) in [7, 11) is 0. The molecule has 3 nitrogen and oxygen atoms in total. The van der Waals surface area contributed by atoms with E-state index in [1.807, 2.05) is 6.92 Å². The van der Waals surface area contributed by atoms with Crippen molar-refractivity contribution in [3.8, 4) is 0 Å². The molecule has 0 saturated heterocycles. The molecule has 0 aliphatic heterocycles. The molecule has 1 heterocycles. The zero-order valence-corrected chi connectivity index (χ0v) is 9.54. The predicted octanol–water partition coefficient (Wildman–Crippen LogP) is 1.70. The van der Waals surface area contributed by atoms with Gasteiger partial charge < -0.3 is 9.67 Å². The lowest BCUT2D eigenvalue weighted by atomic mass is 10.3. The minimum atomic E-state index is -0.307. The fraction of sp³-hybridized carbons (Fsp3) is 0.727. The van der Waals surface area contributed by atoms with Gasteiger partial charge in [-0.05, 0) is 20.3 Å². The summed E-state index contributed by atoms with van der Waals surface area (Å²) in [5.74, 6) is 1.08. The van der Waals surface area contributed by atoms with Crippen LogP contribution in [0.3, 0.4) is 0 Å². The molecule has 1 aromatic rings. The van der Waals surface area contributed by atoms with Crippen molar-refractivity contribution >= 4 is 0 Å². The second-order valence-electron chi connectivity index (χ2n) is 3.73. The van der Waals surface area contributed by atoms with E-state index < -0.39 is 0 Å². The van der Waals surface area contributed by atoms with Gasteiger partial charge in [0, 0.05) is 18.7 Å². The average Bonchev–Trinajstić information content (AvgIpc) is 2.43. The summed E-state index contributed by atoms with van der Waals surface area (Å²) in [6, 6.07) is 0. The Morgan fingerprint density at radius 3 is 2.43 bits per heavy atom. The van der Waals surface area contributed by atoms with Gasteiger partial charge in [0.2, 0.25) is 0 Å². The van der Waals surface area contributed by atoms with Crippen LogP contribution in [0.2, 0.25) is 0 Å². The largest absolute Gasteiger partial charge is 0.392 e. The van der Waals surface area contributed by atoms with Crippen LogP contribution in [0.1, 0.15) is 38.0 Å². The summed E-state index contributed by atoms with van der Waals surface area (Å²) in [6.07, 6.45) is 1.58. The third-order valence-corrected chi connectivity index (χ3v) is 2.50. The Hall–Kier alpha value is -0.830. The first-order valence-electron chi connectivity index (χ1n) is 5.33. The maximum Gasteiger partial charge on any atom is 0.108 e. The Labute approximate surface area is 85.8 Å². The number of aryl methyl sites for hydroxylation is 2. The molecular weight excluding hydrogens is 176 g/mol. The molecular formula is C11H20N2O. The van der Waals surface area contributed by atoms with E-state index >= 15 is 0 Å². The highest BCUT2D eigenvalue weighted by molar-refractivity contribution is 5.16. The molecule has 0 radical (unpaired) electrons. The van der Waals surface area contributed by atoms with Gasteiger partial charge >= 0.3 is 0 Å².